The number of benzene rings is 1. The Morgan fingerprint density at radius 3 is 2.41 bits per heavy atom. The number of carbonyl (C=O) groups is 4. The molecule has 2 atom stereocenters. The summed E-state index contributed by atoms with van der Waals surface area (Å²) in [6, 6.07) is 3.70. The standard InChI is InChI=1S/C22H31N5O7/c1-22(2,25-18(30)20(32)26(3)4)21-24-14(15(28)19(31)27(21)5)17(29)23-11-12-9-8-10-13(33-6)16(12)34-7/h8-10,14-15,28H,11H2,1-7H3,(H,23,29)(H,25,30). The lowest BCUT2D eigenvalue weighted by atomic mass is 9.97. The van der Waals surface area contributed by atoms with E-state index in [0.29, 0.717) is 17.1 Å². The summed E-state index contributed by atoms with van der Waals surface area (Å²) in [5.74, 6) is -2.25. The van der Waals surface area contributed by atoms with Crippen LogP contribution in [0.25, 0.3) is 0 Å². The van der Waals surface area contributed by atoms with Gasteiger partial charge in [0.25, 0.3) is 5.91 Å². The molecule has 0 aromatic heterocycles. The number of amidine groups is 1. The number of amides is 4. The van der Waals surface area contributed by atoms with Gasteiger partial charge in [-0.1, -0.05) is 12.1 Å². The smallest absolute Gasteiger partial charge is 0.311 e. The maximum absolute atomic E-state index is 12.9. The van der Waals surface area contributed by atoms with Crippen molar-refractivity contribution in [3.05, 3.63) is 23.8 Å². The van der Waals surface area contributed by atoms with Crippen molar-refractivity contribution >= 4 is 29.5 Å². The number of nitrogens with zero attached hydrogens (tertiary/aromatic N) is 3. The Balaban J connectivity index is 2.28. The SMILES string of the molecule is COc1cccc(CNC(=O)C2N=C(C(C)(C)NC(=O)C(=O)N(C)C)N(C)C(=O)C2O)c1OC. The number of aliphatic imine (C=N–C) groups is 1. The van der Waals surface area contributed by atoms with E-state index in [9.17, 15) is 24.3 Å². The van der Waals surface area contributed by atoms with Gasteiger partial charge in [0, 0.05) is 33.3 Å². The van der Waals surface area contributed by atoms with Gasteiger partial charge in [-0.05, 0) is 19.9 Å². The van der Waals surface area contributed by atoms with Crippen molar-refractivity contribution < 1.29 is 33.8 Å². The van der Waals surface area contributed by atoms with Crippen molar-refractivity contribution in [1.29, 1.82) is 0 Å². The number of methoxy groups -OCH3 is 2. The molecule has 12 nitrogen and oxygen atoms in total. The third kappa shape index (κ3) is 5.45. The molecule has 2 unspecified atom stereocenters. The fourth-order valence-corrected chi connectivity index (χ4v) is 3.49. The molecule has 1 aromatic rings. The van der Waals surface area contributed by atoms with Crippen molar-refractivity contribution in [3.63, 3.8) is 0 Å². The number of ether oxygens (including phenoxy) is 2. The van der Waals surface area contributed by atoms with Gasteiger partial charge in [0.1, 0.15) is 5.84 Å². The van der Waals surface area contributed by atoms with Crippen LogP contribution in [-0.4, -0.2) is 97.4 Å². The minimum atomic E-state index is -1.73. The fraction of sp³-hybridized carbons (Fsp3) is 0.500. The minimum Gasteiger partial charge on any atom is -0.493 e. The zero-order chi connectivity index (χ0) is 25.8. The maximum Gasteiger partial charge on any atom is 0.311 e. The molecule has 0 aliphatic carbocycles. The minimum absolute atomic E-state index is 0.0156. The van der Waals surface area contributed by atoms with E-state index in [1.54, 1.807) is 18.2 Å². The van der Waals surface area contributed by atoms with Gasteiger partial charge in [0.2, 0.25) is 5.91 Å². The van der Waals surface area contributed by atoms with Crippen LogP contribution in [0.3, 0.4) is 0 Å². The summed E-state index contributed by atoms with van der Waals surface area (Å²) in [6.45, 7) is 3.09. The molecule has 186 valence electrons. The van der Waals surface area contributed by atoms with E-state index in [4.69, 9.17) is 9.47 Å². The molecule has 0 saturated heterocycles. The summed E-state index contributed by atoms with van der Waals surface area (Å²) in [7, 11) is 7.18. The first-order valence-corrected chi connectivity index (χ1v) is 10.4. The van der Waals surface area contributed by atoms with Gasteiger partial charge in [0.15, 0.2) is 23.6 Å². The Labute approximate surface area is 197 Å². The van der Waals surface area contributed by atoms with E-state index in [2.05, 4.69) is 15.6 Å². The average molecular weight is 478 g/mol. The monoisotopic (exact) mass is 477 g/mol. The molecule has 1 heterocycles. The van der Waals surface area contributed by atoms with Crippen molar-refractivity contribution in [1.82, 2.24) is 20.4 Å². The van der Waals surface area contributed by atoms with Crippen LogP contribution in [0.4, 0.5) is 0 Å². The molecule has 1 aliphatic rings. The van der Waals surface area contributed by atoms with Crippen molar-refractivity contribution in [2.45, 2.75) is 38.1 Å². The Morgan fingerprint density at radius 2 is 1.85 bits per heavy atom. The largest absolute Gasteiger partial charge is 0.493 e. The van der Waals surface area contributed by atoms with Gasteiger partial charge < -0.3 is 30.1 Å². The fourth-order valence-electron chi connectivity index (χ4n) is 3.49. The summed E-state index contributed by atoms with van der Waals surface area (Å²) < 4.78 is 10.6. The van der Waals surface area contributed by atoms with Gasteiger partial charge in [-0.25, -0.2) is 0 Å². The first-order chi connectivity index (χ1) is 15.8. The van der Waals surface area contributed by atoms with Crippen molar-refractivity contribution in [2.75, 3.05) is 35.4 Å². The van der Waals surface area contributed by atoms with E-state index >= 15 is 0 Å². The second-order valence-corrected chi connectivity index (χ2v) is 8.39. The zero-order valence-corrected chi connectivity index (χ0v) is 20.3. The molecule has 0 fully saturated rings. The summed E-state index contributed by atoms with van der Waals surface area (Å²) >= 11 is 0. The molecule has 0 bridgehead atoms. The van der Waals surface area contributed by atoms with Gasteiger partial charge >= 0.3 is 11.8 Å². The van der Waals surface area contributed by atoms with Crippen LogP contribution in [0.15, 0.2) is 23.2 Å². The highest BCUT2D eigenvalue weighted by molar-refractivity contribution is 6.35. The molecule has 3 N–H and O–H groups in total. The number of hydrogen-bond donors (Lipinski definition) is 3. The molecule has 12 heteroatoms. The highest BCUT2D eigenvalue weighted by Crippen LogP contribution is 2.30. The first-order valence-electron chi connectivity index (χ1n) is 10.4. The van der Waals surface area contributed by atoms with Crippen molar-refractivity contribution in [2.24, 2.45) is 4.99 Å². The summed E-state index contributed by atoms with van der Waals surface area (Å²) in [4.78, 5) is 56.3. The van der Waals surface area contributed by atoms with Gasteiger partial charge in [-0.3, -0.25) is 29.1 Å². The summed E-state index contributed by atoms with van der Waals surface area (Å²) in [5, 5.41) is 15.6. The number of para-hydroxylation sites is 1. The number of aliphatic hydroxyl groups is 1. The molecular weight excluding hydrogens is 446 g/mol. The highest BCUT2D eigenvalue weighted by atomic mass is 16.5. The lowest BCUT2D eigenvalue weighted by Gasteiger charge is -2.38. The van der Waals surface area contributed by atoms with E-state index in [-0.39, 0.29) is 12.4 Å². The Hall–Kier alpha value is -3.67. The number of aliphatic hydroxyl groups excluding tert-OH is 1. The lowest BCUT2D eigenvalue weighted by molar-refractivity contribution is -0.145. The number of likely N-dealkylation sites (N-methyl/N-ethyl adjacent to an activating group) is 2. The first kappa shape index (κ1) is 26.6. The molecule has 1 aliphatic heterocycles. The van der Waals surface area contributed by atoms with E-state index < -0.39 is 41.3 Å². The number of nitrogens with one attached hydrogen (secondary N) is 2. The molecule has 0 saturated carbocycles. The lowest BCUT2D eigenvalue weighted by Crippen LogP contribution is -2.64. The predicted molar refractivity (Wildman–Crippen MR) is 122 cm³/mol. The molecule has 0 radical (unpaired) electrons. The summed E-state index contributed by atoms with van der Waals surface area (Å²) in [5.41, 5.74) is -0.690. The molecule has 34 heavy (non-hydrogen) atoms. The number of carbonyl (C=O) groups excluding carboxylic acids is 4. The topological polar surface area (TPSA) is 150 Å². The molecule has 1 aromatic carbocycles. The second kappa shape index (κ2) is 10.5. The number of hydrogen-bond acceptors (Lipinski definition) is 8. The van der Waals surface area contributed by atoms with Crippen LogP contribution in [0.2, 0.25) is 0 Å². The normalized spacial score (nSPS) is 18.1. The quantitative estimate of drug-likeness (QED) is 0.422. The van der Waals surface area contributed by atoms with Crippen LogP contribution >= 0.6 is 0 Å². The summed E-state index contributed by atoms with van der Waals surface area (Å²) in [6.07, 6.45) is -1.73. The third-order valence-corrected chi connectivity index (χ3v) is 5.25. The van der Waals surface area contributed by atoms with Crippen LogP contribution in [0, 0.1) is 0 Å². The van der Waals surface area contributed by atoms with Gasteiger partial charge in [-0.2, -0.15) is 0 Å². The zero-order valence-electron chi connectivity index (χ0n) is 20.3. The van der Waals surface area contributed by atoms with Crippen LogP contribution in [0.5, 0.6) is 11.5 Å². The molecule has 2 rings (SSSR count). The maximum atomic E-state index is 12.9. The van der Waals surface area contributed by atoms with Crippen LogP contribution in [0.1, 0.15) is 19.4 Å². The average Bonchev–Trinajstić information content (AvgIpc) is 2.79. The Kier molecular flexibility index (Phi) is 8.22. The number of rotatable bonds is 7. The van der Waals surface area contributed by atoms with Gasteiger partial charge in [0.05, 0.1) is 19.8 Å². The second-order valence-electron chi connectivity index (χ2n) is 8.39. The molecule has 4 amide bonds. The molecule has 0 spiro atoms. The predicted octanol–water partition coefficient (Wildman–Crippen LogP) is -1.10. The van der Waals surface area contributed by atoms with E-state index in [1.807, 2.05) is 0 Å². The van der Waals surface area contributed by atoms with Crippen LogP contribution < -0.4 is 20.1 Å². The Morgan fingerprint density at radius 1 is 1.21 bits per heavy atom. The van der Waals surface area contributed by atoms with Crippen molar-refractivity contribution in [3.8, 4) is 11.5 Å². The third-order valence-electron chi connectivity index (χ3n) is 5.25. The molecular formula is C22H31N5O7. The van der Waals surface area contributed by atoms with E-state index in [0.717, 1.165) is 9.80 Å². The van der Waals surface area contributed by atoms with E-state index in [1.165, 1.54) is 49.2 Å². The van der Waals surface area contributed by atoms with Crippen LogP contribution in [-0.2, 0) is 25.7 Å². The van der Waals surface area contributed by atoms with Gasteiger partial charge in [-0.15, -0.1) is 0 Å². The Bertz CT molecular complexity index is 1010. The highest BCUT2D eigenvalue weighted by Gasteiger charge is 2.44.